The zero-order valence-corrected chi connectivity index (χ0v) is 18.9. The number of hydrogen-bond acceptors (Lipinski definition) is 9. The molecule has 11 heteroatoms. The summed E-state index contributed by atoms with van der Waals surface area (Å²) in [5.74, 6) is 0.260. The van der Waals surface area contributed by atoms with E-state index < -0.39 is 11.9 Å². The molecule has 2 aliphatic heterocycles. The van der Waals surface area contributed by atoms with Crippen molar-refractivity contribution in [3.63, 3.8) is 0 Å². The predicted molar refractivity (Wildman–Crippen MR) is 126 cm³/mol. The van der Waals surface area contributed by atoms with Crippen molar-refractivity contribution in [2.24, 2.45) is 4.99 Å². The Hall–Kier alpha value is -3.28. The number of nitrogens with zero attached hydrogens (tertiary/aromatic N) is 4. The number of hydrogen-bond donors (Lipinski definition) is 4. The average Bonchev–Trinajstić information content (AvgIpc) is 2.83. The molecule has 1 fully saturated rings. The minimum Gasteiger partial charge on any atom is -0.478 e. The second kappa shape index (κ2) is 12.1. The van der Waals surface area contributed by atoms with Gasteiger partial charge in [0.2, 0.25) is 0 Å². The highest BCUT2D eigenvalue weighted by atomic mass is 32.2. The maximum atomic E-state index is 9.55. The van der Waals surface area contributed by atoms with E-state index in [4.69, 9.17) is 15.2 Å². The third-order valence-electron chi connectivity index (χ3n) is 4.90. The molecular weight excluding hydrogens is 444 g/mol. The van der Waals surface area contributed by atoms with E-state index in [0.717, 1.165) is 42.7 Å². The van der Waals surface area contributed by atoms with Crippen LogP contribution in [-0.2, 0) is 9.59 Å². The van der Waals surface area contributed by atoms with Gasteiger partial charge < -0.3 is 20.8 Å². The van der Waals surface area contributed by atoms with E-state index in [1.54, 1.807) is 0 Å². The molecule has 0 aliphatic carbocycles. The number of carbonyl (C=O) groups is 2. The summed E-state index contributed by atoms with van der Waals surface area (Å²) in [6, 6.07) is 10.3. The van der Waals surface area contributed by atoms with Crippen LogP contribution in [0.4, 0.5) is 5.69 Å². The number of carboxylic acids is 2. The molecule has 1 saturated heterocycles. The molecule has 10 nitrogen and oxygen atoms in total. The largest absolute Gasteiger partial charge is 0.478 e. The summed E-state index contributed by atoms with van der Waals surface area (Å²) in [6.45, 7) is 4.97. The van der Waals surface area contributed by atoms with Gasteiger partial charge in [-0.15, -0.1) is 11.8 Å². The van der Waals surface area contributed by atoms with Gasteiger partial charge in [0, 0.05) is 49.1 Å². The Kier molecular flexibility index (Phi) is 8.93. The minimum atomic E-state index is -1.26. The van der Waals surface area contributed by atoms with Crippen LogP contribution in [0.2, 0.25) is 0 Å². The number of nitrogens with one attached hydrogen (secondary N) is 2. The standard InChI is InChI=1S/C18H22N6S.C4H4O4/c1-13(22-17-12-25-16-6-3-2-5-14(16)23-17)24-10-9-19-11-15(24)18-20-7-4-8-21-18;5-3(6)1-2-4(7)8/h2-8,13,15,19H,9-12H2,1H3,(H,22,23);1-2H,(H,5,6)(H,7,8). The maximum Gasteiger partial charge on any atom is 0.328 e. The number of rotatable bonds is 5. The molecule has 2 aromatic rings. The van der Waals surface area contributed by atoms with Gasteiger partial charge in [0.1, 0.15) is 11.7 Å². The lowest BCUT2D eigenvalue weighted by Crippen LogP contribution is -2.55. The van der Waals surface area contributed by atoms with Crippen LogP contribution in [0.3, 0.4) is 0 Å². The smallest absolute Gasteiger partial charge is 0.328 e. The molecule has 2 aliphatic rings. The second-order valence-corrected chi connectivity index (χ2v) is 8.23. The quantitative estimate of drug-likeness (QED) is 0.479. The lowest BCUT2D eigenvalue weighted by Gasteiger charge is -2.40. The van der Waals surface area contributed by atoms with E-state index in [1.165, 1.54) is 4.90 Å². The number of benzene rings is 1. The molecule has 33 heavy (non-hydrogen) atoms. The van der Waals surface area contributed by atoms with E-state index in [0.29, 0.717) is 12.2 Å². The van der Waals surface area contributed by atoms with Gasteiger partial charge in [-0.1, -0.05) is 12.1 Å². The van der Waals surface area contributed by atoms with E-state index >= 15 is 0 Å². The molecule has 3 heterocycles. The molecule has 2 atom stereocenters. The normalized spacial score (nSPS) is 18.9. The van der Waals surface area contributed by atoms with Crippen LogP contribution in [0.15, 0.2) is 64.8 Å². The van der Waals surface area contributed by atoms with E-state index in [-0.39, 0.29) is 12.2 Å². The average molecular weight is 471 g/mol. The monoisotopic (exact) mass is 470 g/mol. The zero-order chi connectivity index (χ0) is 23.6. The Morgan fingerprint density at radius 3 is 2.58 bits per heavy atom. The molecule has 0 saturated carbocycles. The Balaban J connectivity index is 0.000000331. The predicted octanol–water partition coefficient (Wildman–Crippen LogP) is 1.91. The summed E-state index contributed by atoms with van der Waals surface area (Å²) in [4.78, 5) is 36.5. The summed E-state index contributed by atoms with van der Waals surface area (Å²) in [6.07, 6.45) is 4.91. The number of aromatic nitrogens is 2. The van der Waals surface area contributed by atoms with Gasteiger partial charge in [0.15, 0.2) is 0 Å². The minimum absolute atomic E-state index is 0.167. The van der Waals surface area contributed by atoms with Crippen LogP contribution in [0, 0.1) is 0 Å². The fraction of sp³-hybridized carbons (Fsp3) is 0.318. The van der Waals surface area contributed by atoms with Gasteiger partial charge >= 0.3 is 11.9 Å². The number of amidine groups is 1. The summed E-state index contributed by atoms with van der Waals surface area (Å²) in [7, 11) is 0. The molecule has 0 bridgehead atoms. The number of fused-ring (bicyclic) bond motifs is 1. The molecule has 4 rings (SSSR count). The lowest BCUT2D eigenvalue weighted by molar-refractivity contribution is -0.134. The Morgan fingerprint density at radius 1 is 1.18 bits per heavy atom. The highest BCUT2D eigenvalue weighted by Gasteiger charge is 2.30. The molecule has 1 aromatic heterocycles. The van der Waals surface area contributed by atoms with Crippen molar-refractivity contribution in [2.75, 3.05) is 25.4 Å². The lowest BCUT2D eigenvalue weighted by atomic mass is 10.1. The van der Waals surface area contributed by atoms with Crippen molar-refractivity contribution in [2.45, 2.75) is 24.0 Å². The van der Waals surface area contributed by atoms with Crippen LogP contribution in [-0.4, -0.2) is 74.4 Å². The first kappa shape index (κ1) is 24.4. The molecule has 0 amide bonds. The fourth-order valence-corrected chi connectivity index (χ4v) is 4.32. The van der Waals surface area contributed by atoms with Crippen LogP contribution in [0.1, 0.15) is 18.8 Å². The first-order chi connectivity index (χ1) is 15.9. The first-order valence-corrected chi connectivity index (χ1v) is 11.4. The van der Waals surface area contributed by atoms with Crippen LogP contribution >= 0.6 is 11.8 Å². The number of aliphatic imine (C=N–C) groups is 1. The molecule has 2 unspecified atom stereocenters. The third-order valence-corrected chi connectivity index (χ3v) is 5.97. The Labute approximate surface area is 195 Å². The van der Waals surface area contributed by atoms with E-state index in [9.17, 15) is 9.59 Å². The van der Waals surface area contributed by atoms with Crippen molar-refractivity contribution in [1.82, 2.24) is 25.5 Å². The number of para-hydroxylation sites is 1. The number of carboxylic acid groups (broad SMARTS) is 2. The second-order valence-electron chi connectivity index (χ2n) is 7.21. The van der Waals surface area contributed by atoms with Crippen molar-refractivity contribution in [1.29, 1.82) is 0 Å². The van der Waals surface area contributed by atoms with Crippen molar-refractivity contribution < 1.29 is 19.8 Å². The molecule has 4 N–H and O–H groups in total. The van der Waals surface area contributed by atoms with Crippen LogP contribution < -0.4 is 10.6 Å². The first-order valence-electron chi connectivity index (χ1n) is 10.4. The fourth-order valence-electron chi connectivity index (χ4n) is 3.44. The number of piperazine rings is 1. The highest BCUT2D eigenvalue weighted by Crippen LogP contribution is 2.33. The Bertz CT molecular complexity index is 1000. The molecule has 0 spiro atoms. The van der Waals surface area contributed by atoms with Gasteiger partial charge in [-0.25, -0.2) is 24.5 Å². The SMILES string of the molecule is CC(NC1=Nc2ccccc2SC1)N1CCNCC1c1ncccn1.O=C(O)C=CC(=O)O. The zero-order valence-electron chi connectivity index (χ0n) is 18.1. The summed E-state index contributed by atoms with van der Waals surface area (Å²) in [5.41, 5.74) is 1.05. The maximum absolute atomic E-state index is 9.55. The molecular formula is C22H26N6O4S. The highest BCUT2D eigenvalue weighted by molar-refractivity contribution is 8.00. The van der Waals surface area contributed by atoms with Crippen LogP contribution in [0.5, 0.6) is 0 Å². The van der Waals surface area contributed by atoms with Gasteiger partial charge in [0.05, 0.1) is 23.6 Å². The van der Waals surface area contributed by atoms with Crippen molar-refractivity contribution >= 4 is 35.2 Å². The Morgan fingerprint density at radius 2 is 1.88 bits per heavy atom. The topological polar surface area (TPSA) is 140 Å². The van der Waals surface area contributed by atoms with Gasteiger partial charge in [-0.2, -0.15) is 0 Å². The number of aliphatic carboxylic acids is 2. The van der Waals surface area contributed by atoms with Gasteiger partial charge in [-0.05, 0) is 25.1 Å². The van der Waals surface area contributed by atoms with Crippen LogP contribution in [0.25, 0.3) is 0 Å². The molecule has 174 valence electrons. The van der Waals surface area contributed by atoms with Crippen molar-refractivity contribution in [3.8, 4) is 0 Å². The van der Waals surface area contributed by atoms with Gasteiger partial charge in [-0.3, -0.25) is 4.90 Å². The summed E-state index contributed by atoms with van der Waals surface area (Å²) >= 11 is 1.83. The van der Waals surface area contributed by atoms with E-state index in [2.05, 4.69) is 50.6 Å². The number of thioether (sulfide) groups is 1. The van der Waals surface area contributed by atoms with Crippen molar-refractivity contribution in [3.05, 3.63) is 60.7 Å². The molecule has 1 aromatic carbocycles. The van der Waals surface area contributed by atoms with E-state index in [1.807, 2.05) is 36.3 Å². The summed E-state index contributed by atoms with van der Waals surface area (Å²) in [5, 5.41) is 22.7. The molecule has 0 radical (unpaired) electrons. The summed E-state index contributed by atoms with van der Waals surface area (Å²) < 4.78 is 0. The van der Waals surface area contributed by atoms with Gasteiger partial charge in [0.25, 0.3) is 0 Å². The third kappa shape index (κ3) is 7.38.